The smallest absolute Gasteiger partial charge is 0.0961 e. The lowest BCUT2D eigenvalue weighted by Gasteiger charge is -2.30. The van der Waals surface area contributed by atoms with Crippen LogP contribution in [0, 0.1) is 0 Å². The number of nitrogens with zero attached hydrogens (tertiary/aromatic N) is 1. The minimum Gasteiger partial charge on any atom is -0.281 e. The van der Waals surface area contributed by atoms with Crippen LogP contribution in [0.4, 0.5) is 0 Å². The molecule has 0 spiro atoms. The van der Waals surface area contributed by atoms with Crippen LogP contribution in [0.15, 0.2) is 12.7 Å². The summed E-state index contributed by atoms with van der Waals surface area (Å²) in [5.74, 6) is 0. The molecule has 1 atom stereocenters. The van der Waals surface area contributed by atoms with Crippen molar-refractivity contribution in [2.75, 3.05) is 13.1 Å². The Morgan fingerprint density at radius 2 is 2.45 bits per heavy atom. The minimum atomic E-state index is -0.0613. The van der Waals surface area contributed by atoms with E-state index in [9.17, 15) is 0 Å². The Balaban J connectivity index is 2.56. The Labute approximate surface area is 74.0 Å². The second-order valence-electron chi connectivity index (χ2n) is 3.11. The van der Waals surface area contributed by atoms with Crippen LogP contribution >= 0.6 is 11.6 Å². The van der Waals surface area contributed by atoms with E-state index in [2.05, 4.69) is 18.4 Å². The minimum absolute atomic E-state index is 0.0613. The van der Waals surface area contributed by atoms with Crippen molar-refractivity contribution >= 4 is 11.6 Å². The predicted octanol–water partition coefficient (Wildman–Crippen LogP) is 2.61. The maximum absolute atomic E-state index is 6.38. The van der Waals surface area contributed by atoms with Crippen molar-refractivity contribution in [3.05, 3.63) is 12.7 Å². The summed E-state index contributed by atoms with van der Waals surface area (Å²) in [5.41, 5.74) is 0. The summed E-state index contributed by atoms with van der Waals surface area (Å²) in [6, 6.07) is 0. The molecule has 0 aliphatic carbocycles. The van der Waals surface area contributed by atoms with Crippen molar-refractivity contribution in [1.82, 2.24) is 4.90 Å². The average Bonchev–Trinajstić information content (AvgIpc) is 2.35. The molecule has 1 fully saturated rings. The second kappa shape index (κ2) is 3.59. The van der Waals surface area contributed by atoms with Gasteiger partial charge in [0.15, 0.2) is 0 Å². The van der Waals surface area contributed by atoms with E-state index in [0.717, 1.165) is 25.9 Å². The fraction of sp³-hybridized carbons (Fsp3) is 0.778. The molecular formula is C9H16ClN. The molecule has 0 bridgehead atoms. The molecule has 1 nitrogen and oxygen atoms in total. The molecule has 1 rings (SSSR count). The molecule has 0 aromatic carbocycles. The van der Waals surface area contributed by atoms with E-state index in [4.69, 9.17) is 11.6 Å². The molecule has 64 valence electrons. The maximum Gasteiger partial charge on any atom is 0.0961 e. The van der Waals surface area contributed by atoms with Crippen LogP contribution < -0.4 is 0 Å². The SMILES string of the molecule is C=CCN1CCCC1(Cl)CC. The lowest BCUT2D eigenvalue weighted by Crippen LogP contribution is -2.38. The number of likely N-dealkylation sites (tertiary alicyclic amines) is 1. The van der Waals surface area contributed by atoms with Crippen molar-refractivity contribution < 1.29 is 0 Å². The van der Waals surface area contributed by atoms with Gasteiger partial charge in [-0.25, -0.2) is 0 Å². The Morgan fingerprint density at radius 3 is 3.00 bits per heavy atom. The number of hydrogen-bond donors (Lipinski definition) is 0. The van der Waals surface area contributed by atoms with Crippen LogP contribution in [0.25, 0.3) is 0 Å². The van der Waals surface area contributed by atoms with Crippen molar-refractivity contribution in [2.24, 2.45) is 0 Å². The van der Waals surface area contributed by atoms with Crippen molar-refractivity contribution in [3.63, 3.8) is 0 Å². The molecular weight excluding hydrogens is 158 g/mol. The van der Waals surface area contributed by atoms with E-state index >= 15 is 0 Å². The first-order valence-electron chi connectivity index (χ1n) is 4.28. The topological polar surface area (TPSA) is 3.24 Å². The van der Waals surface area contributed by atoms with Gasteiger partial charge in [0, 0.05) is 13.1 Å². The van der Waals surface area contributed by atoms with E-state index in [0.29, 0.717) is 0 Å². The Hall–Kier alpha value is -0.0100. The van der Waals surface area contributed by atoms with Crippen LogP contribution in [-0.2, 0) is 0 Å². The van der Waals surface area contributed by atoms with Crippen molar-refractivity contribution in [1.29, 1.82) is 0 Å². The first-order chi connectivity index (χ1) is 5.23. The Bertz CT molecular complexity index is 146. The highest BCUT2D eigenvalue weighted by molar-refractivity contribution is 6.23. The van der Waals surface area contributed by atoms with Crippen LogP contribution in [-0.4, -0.2) is 23.0 Å². The van der Waals surface area contributed by atoms with E-state index in [1.807, 2.05) is 6.08 Å². The summed E-state index contributed by atoms with van der Waals surface area (Å²) >= 11 is 6.38. The van der Waals surface area contributed by atoms with E-state index < -0.39 is 0 Å². The largest absolute Gasteiger partial charge is 0.281 e. The number of hydrogen-bond acceptors (Lipinski definition) is 1. The van der Waals surface area contributed by atoms with Crippen molar-refractivity contribution in [2.45, 2.75) is 31.2 Å². The van der Waals surface area contributed by atoms with Gasteiger partial charge in [0.25, 0.3) is 0 Å². The maximum atomic E-state index is 6.38. The lowest BCUT2D eigenvalue weighted by atomic mass is 10.1. The van der Waals surface area contributed by atoms with Gasteiger partial charge in [-0.2, -0.15) is 0 Å². The van der Waals surface area contributed by atoms with Crippen LogP contribution in [0.3, 0.4) is 0 Å². The molecule has 0 N–H and O–H groups in total. The molecule has 0 aromatic rings. The molecule has 0 saturated carbocycles. The predicted molar refractivity (Wildman–Crippen MR) is 49.9 cm³/mol. The Kier molecular flexibility index (Phi) is 2.97. The highest BCUT2D eigenvalue weighted by atomic mass is 35.5. The zero-order valence-electron chi connectivity index (χ0n) is 7.15. The van der Waals surface area contributed by atoms with Gasteiger partial charge >= 0.3 is 0 Å². The summed E-state index contributed by atoms with van der Waals surface area (Å²) in [4.78, 5) is 2.25. The molecule has 0 radical (unpaired) electrons. The summed E-state index contributed by atoms with van der Waals surface area (Å²) in [7, 11) is 0. The van der Waals surface area contributed by atoms with Crippen LogP contribution in [0.5, 0.6) is 0 Å². The highest BCUT2D eigenvalue weighted by Crippen LogP contribution is 2.35. The molecule has 1 aliphatic rings. The summed E-state index contributed by atoms with van der Waals surface area (Å²) in [5, 5.41) is 0. The summed E-state index contributed by atoms with van der Waals surface area (Å²) < 4.78 is 0. The normalized spacial score (nSPS) is 32.5. The standard InChI is InChI=1S/C9H16ClN/c1-3-7-11-8-5-6-9(11,10)4-2/h3H,1,4-8H2,2H3. The zero-order chi connectivity index (χ0) is 8.32. The average molecular weight is 174 g/mol. The molecule has 0 amide bonds. The van der Waals surface area contributed by atoms with Crippen LogP contribution in [0.2, 0.25) is 0 Å². The summed E-state index contributed by atoms with van der Waals surface area (Å²) in [6.07, 6.45) is 5.31. The fourth-order valence-corrected chi connectivity index (χ4v) is 2.00. The lowest BCUT2D eigenvalue weighted by molar-refractivity contribution is 0.235. The number of rotatable bonds is 3. The quantitative estimate of drug-likeness (QED) is 0.360. The van der Waals surface area contributed by atoms with Crippen LogP contribution in [0.1, 0.15) is 26.2 Å². The van der Waals surface area contributed by atoms with Crippen molar-refractivity contribution in [3.8, 4) is 0 Å². The van der Waals surface area contributed by atoms with E-state index in [1.54, 1.807) is 0 Å². The molecule has 2 heteroatoms. The summed E-state index contributed by atoms with van der Waals surface area (Å²) in [6.45, 7) is 7.93. The van der Waals surface area contributed by atoms with Gasteiger partial charge in [0.05, 0.1) is 5.00 Å². The van der Waals surface area contributed by atoms with Gasteiger partial charge in [-0.3, -0.25) is 4.90 Å². The second-order valence-corrected chi connectivity index (χ2v) is 3.81. The molecule has 1 heterocycles. The van der Waals surface area contributed by atoms with Gasteiger partial charge in [-0.15, -0.1) is 18.2 Å². The third-order valence-corrected chi connectivity index (χ3v) is 3.14. The number of alkyl halides is 1. The molecule has 0 aromatic heterocycles. The zero-order valence-corrected chi connectivity index (χ0v) is 7.90. The van der Waals surface area contributed by atoms with E-state index in [1.165, 1.54) is 6.42 Å². The van der Waals surface area contributed by atoms with Gasteiger partial charge in [-0.05, 0) is 19.3 Å². The first kappa shape index (κ1) is 9.08. The van der Waals surface area contributed by atoms with Gasteiger partial charge in [0.1, 0.15) is 0 Å². The molecule has 1 saturated heterocycles. The first-order valence-corrected chi connectivity index (χ1v) is 4.65. The molecule has 11 heavy (non-hydrogen) atoms. The van der Waals surface area contributed by atoms with Gasteiger partial charge < -0.3 is 0 Å². The molecule has 1 unspecified atom stereocenters. The van der Waals surface area contributed by atoms with Gasteiger partial charge in [-0.1, -0.05) is 13.0 Å². The molecule has 1 aliphatic heterocycles. The van der Waals surface area contributed by atoms with E-state index in [-0.39, 0.29) is 5.00 Å². The fourth-order valence-electron chi connectivity index (χ4n) is 1.71. The third kappa shape index (κ3) is 1.77. The monoisotopic (exact) mass is 173 g/mol. The third-order valence-electron chi connectivity index (χ3n) is 2.45. The van der Waals surface area contributed by atoms with Gasteiger partial charge in [0.2, 0.25) is 0 Å². The Morgan fingerprint density at radius 1 is 1.73 bits per heavy atom. The highest BCUT2D eigenvalue weighted by Gasteiger charge is 2.36. The number of halogens is 1.